The first-order chi connectivity index (χ1) is 14.1. The van der Waals surface area contributed by atoms with Gasteiger partial charge in [0.05, 0.1) is 4.92 Å². The standard InChI is InChI=1S/C19H27Cl3N4O3S/c1-2-3-4-5-6-7-8-9-16(27)24-17(19(20,21)22)25-18(30)23-14-10-12-15(13-11-14)26(28)29/h10-13,17H,2-9H2,1H3,(H,24,27)(H2,23,25,30). The predicted octanol–water partition coefficient (Wildman–Crippen LogP) is 5.83. The molecular weight excluding hydrogens is 471 g/mol. The second-order valence-electron chi connectivity index (χ2n) is 6.82. The largest absolute Gasteiger partial charge is 0.339 e. The van der Waals surface area contributed by atoms with Gasteiger partial charge in [0.15, 0.2) is 5.11 Å². The Labute approximate surface area is 197 Å². The maximum absolute atomic E-state index is 12.2. The predicted molar refractivity (Wildman–Crippen MR) is 127 cm³/mol. The molecule has 1 unspecified atom stereocenters. The number of anilines is 1. The van der Waals surface area contributed by atoms with Gasteiger partial charge >= 0.3 is 0 Å². The summed E-state index contributed by atoms with van der Waals surface area (Å²) in [6.45, 7) is 2.17. The number of thiocarbonyl (C=S) groups is 1. The summed E-state index contributed by atoms with van der Waals surface area (Å²) in [6, 6.07) is 5.66. The minimum atomic E-state index is -1.84. The van der Waals surface area contributed by atoms with Crippen LogP contribution in [0, 0.1) is 10.1 Å². The topological polar surface area (TPSA) is 96.3 Å². The van der Waals surface area contributed by atoms with Crippen LogP contribution >= 0.6 is 47.0 Å². The number of nitro groups is 1. The monoisotopic (exact) mass is 496 g/mol. The SMILES string of the molecule is CCCCCCCCCC(=O)NC(NC(=S)Nc1ccc([N+](=O)[O-])cc1)C(Cl)(Cl)Cl. The number of carbonyl (C=O) groups excluding carboxylic acids is 1. The summed E-state index contributed by atoms with van der Waals surface area (Å²) >= 11 is 23.1. The van der Waals surface area contributed by atoms with Crippen molar-refractivity contribution in [3.05, 3.63) is 34.4 Å². The van der Waals surface area contributed by atoms with Gasteiger partial charge in [-0.1, -0.05) is 80.3 Å². The van der Waals surface area contributed by atoms with Crippen LogP contribution in [0.25, 0.3) is 0 Å². The summed E-state index contributed by atoms with van der Waals surface area (Å²) in [5.74, 6) is -0.245. The summed E-state index contributed by atoms with van der Waals surface area (Å²) in [7, 11) is 0. The molecule has 30 heavy (non-hydrogen) atoms. The molecule has 1 aromatic rings. The zero-order valence-electron chi connectivity index (χ0n) is 16.8. The lowest BCUT2D eigenvalue weighted by atomic mass is 10.1. The van der Waals surface area contributed by atoms with E-state index in [1.165, 1.54) is 49.9 Å². The van der Waals surface area contributed by atoms with Crippen molar-refractivity contribution >= 4 is 69.4 Å². The Morgan fingerprint density at radius 1 is 1.07 bits per heavy atom. The van der Waals surface area contributed by atoms with Crippen LogP contribution in [0.1, 0.15) is 58.3 Å². The highest BCUT2D eigenvalue weighted by Gasteiger charge is 2.34. The van der Waals surface area contributed by atoms with E-state index in [0.29, 0.717) is 12.1 Å². The first kappa shape index (κ1) is 26.7. The van der Waals surface area contributed by atoms with Crippen molar-refractivity contribution in [1.82, 2.24) is 10.6 Å². The molecule has 0 radical (unpaired) electrons. The molecule has 0 aliphatic carbocycles. The van der Waals surface area contributed by atoms with E-state index in [0.717, 1.165) is 19.3 Å². The number of nitrogens with zero attached hydrogens (tertiary/aromatic N) is 1. The van der Waals surface area contributed by atoms with E-state index in [1.807, 2.05) is 0 Å². The number of hydrogen-bond donors (Lipinski definition) is 3. The van der Waals surface area contributed by atoms with E-state index in [4.69, 9.17) is 47.0 Å². The van der Waals surface area contributed by atoms with Gasteiger partial charge in [-0.05, 0) is 30.8 Å². The summed E-state index contributed by atoms with van der Waals surface area (Å²) in [5.41, 5.74) is 0.465. The Morgan fingerprint density at radius 3 is 2.17 bits per heavy atom. The Kier molecular flexibility index (Phi) is 12.3. The maximum Gasteiger partial charge on any atom is 0.269 e. The molecule has 0 fully saturated rings. The van der Waals surface area contributed by atoms with E-state index >= 15 is 0 Å². The molecule has 1 atom stereocenters. The molecule has 0 bridgehead atoms. The Balaban J connectivity index is 2.48. The van der Waals surface area contributed by atoms with Gasteiger partial charge in [-0.2, -0.15) is 0 Å². The van der Waals surface area contributed by atoms with Crippen LogP contribution in [0.3, 0.4) is 0 Å². The summed E-state index contributed by atoms with van der Waals surface area (Å²) < 4.78 is -1.84. The number of hydrogen-bond acceptors (Lipinski definition) is 4. The van der Waals surface area contributed by atoms with Gasteiger partial charge in [-0.15, -0.1) is 0 Å². The smallest absolute Gasteiger partial charge is 0.269 e. The number of nitro benzene ring substituents is 1. The number of non-ortho nitro benzene ring substituents is 1. The molecule has 1 rings (SSSR count). The average Bonchev–Trinajstić information content (AvgIpc) is 2.66. The lowest BCUT2D eigenvalue weighted by molar-refractivity contribution is -0.384. The van der Waals surface area contributed by atoms with Crippen LogP contribution in [0.15, 0.2) is 24.3 Å². The molecule has 0 aromatic heterocycles. The van der Waals surface area contributed by atoms with Gasteiger partial charge < -0.3 is 16.0 Å². The molecule has 7 nitrogen and oxygen atoms in total. The quantitative estimate of drug-likeness (QED) is 0.0839. The Morgan fingerprint density at radius 2 is 1.63 bits per heavy atom. The van der Waals surface area contributed by atoms with Gasteiger partial charge in [-0.3, -0.25) is 14.9 Å². The summed E-state index contributed by atoms with van der Waals surface area (Å²) in [5, 5.41) is 19.0. The van der Waals surface area contributed by atoms with Crippen LogP contribution in [0.4, 0.5) is 11.4 Å². The van der Waals surface area contributed by atoms with E-state index in [2.05, 4.69) is 22.9 Å². The molecule has 3 N–H and O–H groups in total. The third kappa shape index (κ3) is 11.2. The fraction of sp³-hybridized carbons (Fsp3) is 0.579. The van der Waals surface area contributed by atoms with Crippen LogP contribution in [0.5, 0.6) is 0 Å². The van der Waals surface area contributed by atoms with Crippen molar-refractivity contribution in [3.8, 4) is 0 Å². The van der Waals surface area contributed by atoms with Crippen LogP contribution in [0.2, 0.25) is 0 Å². The molecule has 0 aliphatic rings. The Bertz CT molecular complexity index is 699. The number of nitrogens with one attached hydrogen (secondary N) is 3. The normalized spacial score (nSPS) is 12.1. The lowest BCUT2D eigenvalue weighted by Gasteiger charge is -2.27. The fourth-order valence-electron chi connectivity index (χ4n) is 2.64. The maximum atomic E-state index is 12.2. The molecular formula is C19H27Cl3N4O3S. The first-order valence-corrected chi connectivity index (χ1v) is 11.4. The van der Waals surface area contributed by atoms with Gasteiger partial charge in [0.2, 0.25) is 9.70 Å². The number of amides is 1. The fourth-order valence-corrected chi connectivity index (χ4v) is 3.20. The third-order valence-electron chi connectivity index (χ3n) is 4.25. The van der Waals surface area contributed by atoms with Crippen molar-refractivity contribution < 1.29 is 9.72 Å². The third-order valence-corrected chi connectivity index (χ3v) is 5.13. The first-order valence-electron chi connectivity index (χ1n) is 9.81. The van der Waals surface area contributed by atoms with E-state index in [9.17, 15) is 14.9 Å². The Hall–Kier alpha value is -1.35. The molecule has 11 heteroatoms. The average molecular weight is 498 g/mol. The molecule has 0 heterocycles. The number of benzene rings is 1. The summed E-state index contributed by atoms with van der Waals surface area (Å²) in [4.78, 5) is 22.4. The minimum Gasteiger partial charge on any atom is -0.339 e. The second kappa shape index (κ2) is 13.9. The van der Waals surface area contributed by atoms with Crippen molar-refractivity contribution in [1.29, 1.82) is 0 Å². The number of alkyl halides is 3. The van der Waals surface area contributed by atoms with Gasteiger partial charge in [0.1, 0.15) is 6.17 Å². The molecule has 0 saturated heterocycles. The zero-order chi connectivity index (χ0) is 22.6. The van der Waals surface area contributed by atoms with Crippen molar-refractivity contribution in [3.63, 3.8) is 0 Å². The van der Waals surface area contributed by atoms with E-state index in [1.54, 1.807) is 0 Å². The molecule has 0 saturated carbocycles. The van der Waals surface area contributed by atoms with E-state index < -0.39 is 14.9 Å². The van der Waals surface area contributed by atoms with Crippen molar-refractivity contribution in [2.24, 2.45) is 0 Å². The van der Waals surface area contributed by atoms with Crippen molar-refractivity contribution in [2.45, 2.75) is 68.2 Å². The number of carbonyl (C=O) groups is 1. The van der Waals surface area contributed by atoms with Gasteiger partial charge in [-0.25, -0.2) is 0 Å². The highest BCUT2D eigenvalue weighted by atomic mass is 35.6. The summed E-state index contributed by atoms with van der Waals surface area (Å²) in [6.07, 6.45) is 6.96. The van der Waals surface area contributed by atoms with Crippen LogP contribution in [-0.2, 0) is 4.79 Å². The highest BCUT2D eigenvalue weighted by Crippen LogP contribution is 2.29. The van der Waals surface area contributed by atoms with Crippen molar-refractivity contribution in [2.75, 3.05) is 5.32 Å². The van der Waals surface area contributed by atoms with Crippen LogP contribution in [-0.4, -0.2) is 25.9 Å². The second-order valence-corrected chi connectivity index (χ2v) is 9.59. The minimum absolute atomic E-state index is 0.0452. The highest BCUT2D eigenvalue weighted by molar-refractivity contribution is 7.80. The molecule has 168 valence electrons. The van der Waals surface area contributed by atoms with Gasteiger partial charge in [0, 0.05) is 24.2 Å². The molecule has 0 spiro atoms. The number of unbranched alkanes of at least 4 members (excludes halogenated alkanes) is 6. The van der Waals surface area contributed by atoms with Crippen LogP contribution < -0.4 is 16.0 Å². The zero-order valence-corrected chi connectivity index (χ0v) is 19.8. The molecule has 1 amide bonds. The number of rotatable bonds is 12. The van der Waals surface area contributed by atoms with E-state index in [-0.39, 0.29) is 16.7 Å². The molecule has 0 aliphatic heterocycles. The lowest BCUT2D eigenvalue weighted by Crippen LogP contribution is -2.56. The number of halogens is 3. The molecule has 1 aromatic carbocycles. The van der Waals surface area contributed by atoms with Gasteiger partial charge in [0.25, 0.3) is 5.69 Å².